The molecule has 0 aliphatic heterocycles. The first-order chi connectivity index (χ1) is 10.2. The van der Waals surface area contributed by atoms with Gasteiger partial charge < -0.3 is 19.6 Å². The molecule has 6 heteroatoms. The van der Waals surface area contributed by atoms with Crippen LogP contribution in [0.25, 0.3) is 0 Å². The molecule has 0 atom stereocenters. The maximum Gasteiger partial charge on any atom is 0.204 e. The number of hydrogen-bond donors (Lipinski definition) is 2. The zero-order chi connectivity index (χ0) is 15.2. The van der Waals surface area contributed by atoms with E-state index in [0.717, 1.165) is 18.4 Å². The second-order valence-electron chi connectivity index (χ2n) is 4.94. The Labute approximate surface area is 125 Å². The molecular weight excluding hydrogens is 270 g/mol. The molecule has 0 radical (unpaired) electrons. The average molecular weight is 293 g/mol. The molecule has 6 nitrogen and oxygen atoms in total. The van der Waals surface area contributed by atoms with Crippen LogP contribution < -0.4 is 25.5 Å². The van der Waals surface area contributed by atoms with Gasteiger partial charge in [0.2, 0.25) is 5.75 Å². The molecule has 1 aliphatic carbocycles. The van der Waals surface area contributed by atoms with Gasteiger partial charge in [-0.3, -0.25) is 4.99 Å². The zero-order valence-electron chi connectivity index (χ0n) is 12.8. The molecule has 0 aromatic heterocycles. The predicted octanol–water partition coefficient (Wildman–Crippen LogP) is 1.86. The van der Waals surface area contributed by atoms with Gasteiger partial charge in [0.15, 0.2) is 11.5 Å². The minimum Gasteiger partial charge on any atom is -0.493 e. The van der Waals surface area contributed by atoms with Crippen molar-refractivity contribution in [2.75, 3.05) is 21.3 Å². The first-order valence-electron chi connectivity index (χ1n) is 7.08. The van der Waals surface area contributed by atoms with E-state index in [0.29, 0.717) is 29.1 Å². The number of rotatable bonds is 5. The molecule has 116 valence electrons. The van der Waals surface area contributed by atoms with Crippen molar-refractivity contribution in [1.29, 1.82) is 0 Å². The standard InChI is InChI=1S/C15H23N3O3/c1-19-12-9-8-11(13(20-2)14(12)21-3)15(18-16)17-10-6-4-5-7-10/h8-10H,4-7,16H2,1-3H3,(H,17,18). The molecule has 1 fully saturated rings. The van der Waals surface area contributed by atoms with Gasteiger partial charge in [0.1, 0.15) is 5.84 Å². The molecule has 1 saturated carbocycles. The molecule has 2 rings (SSSR count). The van der Waals surface area contributed by atoms with Crippen molar-refractivity contribution in [3.63, 3.8) is 0 Å². The minimum absolute atomic E-state index is 0.314. The van der Waals surface area contributed by atoms with Crippen LogP contribution in [0, 0.1) is 0 Å². The van der Waals surface area contributed by atoms with Crippen LogP contribution in [0.2, 0.25) is 0 Å². The fourth-order valence-electron chi connectivity index (χ4n) is 2.69. The van der Waals surface area contributed by atoms with E-state index in [1.54, 1.807) is 21.3 Å². The summed E-state index contributed by atoms with van der Waals surface area (Å²) in [6.45, 7) is 0. The Morgan fingerprint density at radius 1 is 1.10 bits per heavy atom. The Morgan fingerprint density at radius 2 is 1.76 bits per heavy atom. The molecule has 0 heterocycles. The van der Waals surface area contributed by atoms with Gasteiger partial charge in [0, 0.05) is 0 Å². The topological polar surface area (TPSA) is 78.1 Å². The van der Waals surface area contributed by atoms with E-state index >= 15 is 0 Å². The summed E-state index contributed by atoms with van der Waals surface area (Å²) < 4.78 is 16.1. The predicted molar refractivity (Wildman–Crippen MR) is 82.2 cm³/mol. The van der Waals surface area contributed by atoms with Crippen LogP contribution >= 0.6 is 0 Å². The van der Waals surface area contributed by atoms with E-state index in [4.69, 9.17) is 25.0 Å². The van der Waals surface area contributed by atoms with Crippen molar-refractivity contribution in [3.8, 4) is 17.2 Å². The lowest BCUT2D eigenvalue weighted by molar-refractivity contribution is 0.324. The Hall–Kier alpha value is -1.95. The molecule has 0 amide bonds. The van der Waals surface area contributed by atoms with E-state index in [1.165, 1.54) is 12.8 Å². The SMILES string of the molecule is COc1ccc(C(=NC2CCCC2)NN)c(OC)c1OC. The molecule has 1 aliphatic rings. The molecule has 3 N–H and O–H groups in total. The fourth-order valence-corrected chi connectivity index (χ4v) is 2.69. The van der Waals surface area contributed by atoms with Gasteiger partial charge in [0.05, 0.1) is 32.9 Å². The van der Waals surface area contributed by atoms with Crippen molar-refractivity contribution in [2.24, 2.45) is 10.8 Å². The van der Waals surface area contributed by atoms with Gasteiger partial charge in [-0.15, -0.1) is 0 Å². The summed E-state index contributed by atoms with van der Waals surface area (Å²) >= 11 is 0. The number of hydrogen-bond acceptors (Lipinski definition) is 5. The minimum atomic E-state index is 0.314. The third kappa shape index (κ3) is 3.21. The smallest absolute Gasteiger partial charge is 0.204 e. The summed E-state index contributed by atoms with van der Waals surface area (Å²) in [7, 11) is 4.75. The van der Waals surface area contributed by atoms with Crippen molar-refractivity contribution in [3.05, 3.63) is 17.7 Å². The number of ether oxygens (including phenoxy) is 3. The number of nitrogens with two attached hydrogens (primary N) is 1. The van der Waals surface area contributed by atoms with Crippen LogP contribution in [-0.4, -0.2) is 33.2 Å². The maximum absolute atomic E-state index is 5.66. The van der Waals surface area contributed by atoms with Gasteiger partial charge in [-0.05, 0) is 25.0 Å². The lowest BCUT2D eigenvalue weighted by Crippen LogP contribution is -2.32. The highest BCUT2D eigenvalue weighted by Crippen LogP contribution is 2.40. The van der Waals surface area contributed by atoms with Gasteiger partial charge in [-0.25, -0.2) is 5.84 Å². The lowest BCUT2D eigenvalue weighted by atomic mass is 10.1. The summed E-state index contributed by atoms with van der Waals surface area (Å²) in [6.07, 6.45) is 4.63. The van der Waals surface area contributed by atoms with E-state index in [9.17, 15) is 0 Å². The third-order valence-electron chi connectivity index (χ3n) is 3.73. The summed E-state index contributed by atoms with van der Waals surface area (Å²) in [4.78, 5) is 4.71. The summed E-state index contributed by atoms with van der Waals surface area (Å²) in [5, 5.41) is 0. The number of amidine groups is 1. The lowest BCUT2D eigenvalue weighted by Gasteiger charge is -2.17. The molecule has 1 aromatic rings. The first-order valence-corrected chi connectivity index (χ1v) is 7.08. The van der Waals surface area contributed by atoms with Gasteiger partial charge in [-0.1, -0.05) is 12.8 Å². The van der Waals surface area contributed by atoms with Crippen LogP contribution in [0.1, 0.15) is 31.2 Å². The quantitative estimate of drug-likeness (QED) is 0.375. The average Bonchev–Trinajstić information content (AvgIpc) is 3.04. The second kappa shape index (κ2) is 7.17. The van der Waals surface area contributed by atoms with E-state index in [1.807, 2.05) is 12.1 Å². The number of aliphatic imine (C=N–C) groups is 1. The molecule has 0 unspecified atom stereocenters. The van der Waals surface area contributed by atoms with Crippen LogP contribution in [-0.2, 0) is 0 Å². The second-order valence-corrected chi connectivity index (χ2v) is 4.94. The summed E-state index contributed by atoms with van der Waals surface area (Å²) in [5.74, 6) is 7.97. The van der Waals surface area contributed by atoms with Crippen molar-refractivity contribution in [1.82, 2.24) is 5.43 Å². The largest absolute Gasteiger partial charge is 0.493 e. The third-order valence-corrected chi connectivity index (χ3v) is 3.73. The zero-order valence-corrected chi connectivity index (χ0v) is 12.8. The fraction of sp³-hybridized carbons (Fsp3) is 0.533. The summed E-state index contributed by atoms with van der Waals surface area (Å²) in [6, 6.07) is 4.00. The highest BCUT2D eigenvalue weighted by atomic mass is 16.5. The van der Waals surface area contributed by atoms with Crippen molar-refractivity contribution >= 4 is 5.84 Å². The Balaban J connectivity index is 2.45. The normalized spacial score (nSPS) is 15.9. The Bertz CT molecular complexity index is 511. The highest BCUT2D eigenvalue weighted by molar-refractivity contribution is 6.02. The number of benzene rings is 1. The van der Waals surface area contributed by atoms with Crippen LogP contribution in [0.15, 0.2) is 17.1 Å². The van der Waals surface area contributed by atoms with E-state index < -0.39 is 0 Å². The molecular formula is C15H23N3O3. The first kappa shape index (κ1) is 15.4. The maximum atomic E-state index is 5.66. The molecule has 1 aromatic carbocycles. The van der Waals surface area contributed by atoms with Crippen LogP contribution in [0.4, 0.5) is 0 Å². The molecule has 0 bridgehead atoms. The Kier molecular flexibility index (Phi) is 5.27. The molecule has 0 saturated heterocycles. The van der Waals surface area contributed by atoms with Gasteiger partial charge in [0.25, 0.3) is 0 Å². The highest BCUT2D eigenvalue weighted by Gasteiger charge is 2.21. The van der Waals surface area contributed by atoms with E-state index in [2.05, 4.69) is 5.43 Å². The van der Waals surface area contributed by atoms with Gasteiger partial charge in [-0.2, -0.15) is 0 Å². The number of nitrogens with one attached hydrogen (secondary N) is 1. The molecule has 21 heavy (non-hydrogen) atoms. The van der Waals surface area contributed by atoms with Crippen molar-refractivity contribution in [2.45, 2.75) is 31.7 Å². The number of methoxy groups -OCH3 is 3. The number of nitrogens with zero attached hydrogens (tertiary/aromatic N) is 1. The van der Waals surface area contributed by atoms with Gasteiger partial charge >= 0.3 is 0 Å². The number of hydrazine groups is 1. The monoisotopic (exact) mass is 293 g/mol. The van der Waals surface area contributed by atoms with Crippen LogP contribution in [0.3, 0.4) is 0 Å². The Morgan fingerprint density at radius 3 is 2.29 bits per heavy atom. The van der Waals surface area contributed by atoms with E-state index in [-0.39, 0.29) is 0 Å². The van der Waals surface area contributed by atoms with Crippen LogP contribution in [0.5, 0.6) is 17.2 Å². The summed E-state index contributed by atoms with van der Waals surface area (Å²) in [5.41, 5.74) is 3.45. The molecule has 0 spiro atoms. The van der Waals surface area contributed by atoms with Crippen molar-refractivity contribution < 1.29 is 14.2 Å².